The van der Waals surface area contributed by atoms with Crippen molar-refractivity contribution in [2.75, 3.05) is 6.61 Å². The zero-order valence-corrected chi connectivity index (χ0v) is 12.6. The molecule has 0 spiro atoms. The van der Waals surface area contributed by atoms with Crippen LogP contribution in [0.3, 0.4) is 0 Å². The molecule has 0 aliphatic rings. The molecule has 6 nitrogen and oxygen atoms in total. The zero-order valence-electron chi connectivity index (χ0n) is 12.6. The number of rotatable bonds is 5. The van der Waals surface area contributed by atoms with E-state index in [0.717, 1.165) is 11.1 Å². The lowest BCUT2D eigenvalue weighted by Crippen LogP contribution is -2.14. The van der Waals surface area contributed by atoms with E-state index in [1.165, 1.54) is 6.07 Å². The van der Waals surface area contributed by atoms with Gasteiger partial charge >= 0.3 is 5.82 Å². The second kappa shape index (κ2) is 6.34. The number of ether oxygens (including phenoxy) is 1. The van der Waals surface area contributed by atoms with E-state index in [0.29, 0.717) is 11.3 Å². The van der Waals surface area contributed by atoms with Gasteiger partial charge in [-0.25, -0.2) is 0 Å². The standard InChI is InChI=1S/C16H16N2O4/c1-10-4-6-13(11(2)8-10)14(19)9-22-15-7-5-12(3)17-16(15)18(20)21/h4-8H,9H2,1-3H3. The minimum atomic E-state index is -0.621. The molecular weight excluding hydrogens is 284 g/mol. The van der Waals surface area contributed by atoms with Crippen molar-refractivity contribution >= 4 is 11.6 Å². The maximum atomic E-state index is 12.2. The number of hydrogen-bond donors (Lipinski definition) is 0. The smallest absolute Gasteiger partial charge is 0.406 e. The highest BCUT2D eigenvalue weighted by molar-refractivity contribution is 5.98. The Hall–Kier alpha value is -2.76. The Balaban J connectivity index is 2.16. The van der Waals surface area contributed by atoms with Crippen LogP contribution in [0.4, 0.5) is 5.82 Å². The molecule has 0 saturated heterocycles. The number of ketones is 1. The molecule has 0 radical (unpaired) electrons. The van der Waals surface area contributed by atoms with E-state index in [9.17, 15) is 14.9 Å². The van der Waals surface area contributed by atoms with Crippen LogP contribution in [0.25, 0.3) is 0 Å². The van der Waals surface area contributed by atoms with E-state index in [4.69, 9.17) is 4.74 Å². The fourth-order valence-electron chi connectivity index (χ4n) is 2.12. The highest BCUT2D eigenvalue weighted by Crippen LogP contribution is 2.24. The summed E-state index contributed by atoms with van der Waals surface area (Å²) in [6.07, 6.45) is 0. The molecule has 1 aromatic carbocycles. The van der Waals surface area contributed by atoms with Crippen molar-refractivity contribution in [2.24, 2.45) is 0 Å². The minimum Gasteiger partial charge on any atom is -0.477 e. The molecule has 0 aliphatic carbocycles. The van der Waals surface area contributed by atoms with Crippen LogP contribution in [0.2, 0.25) is 0 Å². The molecule has 0 amide bonds. The predicted octanol–water partition coefficient (Wildman–Crippen LogP) is 3.18. The average molecular weight is 300 g/mol. The third kappa shape index (κ3) is 3.46. The normalized spacial score (nSPS) is 10.3. The van der Waals surface area contributed by atoms with E-state index in [2.05, 4.69) is 4.98 Å². The number of nitro groups is 1. The van der Waals surface area contributed by atoms with Crippen molar-refractivity contribution in [1.82, 2.24) is 4.98 Å². The van der Waals surface area contributed by atoms with Gasteiger partial charge in [-0.3, -0.25) is 4.79 Å². The number of aromatic nitrogens is 1. The van der Waals surface area contributed by atoms with Crippen LogP contribution in [0.15, 0.2) is 30.3 Å². The number of pyridine rings is 1. The topological polar surface area (TPSA) is 82.3 Å². The Morgan fingerprint density at radius 3 is 2.59 bits per heavy atom. The van der Waals surface area contributed by atoms with Gasteiger partial charge in [-0.2, -0.15) is 0 Å². The fraction of sp³-hybridized carbons (Fsp3) is 0.250. The molecule has 1 heterocycles. The van der Waals surface area contributed by atoms with Crippen LogP contribution < -0.4 is 4.74 Å². The highest BCUT2D eigenvalue weighted by Gasteiger charge is 2.19. The summed E-state index contributed by atoms with van der Waals surface area (Å²) in [5.41, 5.74) is 2.98. The van der Waals surface area contributed by atoms with Crippen molar-refractivity contribution in [3.05, 3.63) is 62.8 Å². The summed E-state index contributed by atoms with van der Waals surface area (Å²) < 4.78 is 5.30. The van der Waals surface area contributed by atoms with Gasteiger partial charge < -0.3 is 14.9 Å². The van der Waals surface area contributed by atoms with Crippen molar-refractivity contribution in [1.29, 1.82) is 0 Å². The van der Waals surface area contributed by atoms with Gasteiger partial charge in [0.15, 0.2) is 12.4 Å². The molecule has 2 rings (SSSR count). The summed E-state index contributed by atoms with van der Waals surface area (Å²) in [5, 5.41) is 11.0. The van der Waals surface area contributed by atoms with Crippen LogP contribution in [0, 0.1) is 30.9 Å². The number of Topliss-reactive ketones (excluding diaryl/α,β-unsaturated/α-hetero) is 1. The number of carbonyl (C=O) groups excluding carboxylic acids is 1. The third-order valence-electron chi connectivity index (χ3n) is 3.19. The molecular formula is C16H16N2O4. The van der Waals surface area contributed by atoms with E-state index < -0.39 is 4.92 Å². The van der Waals surface area contributed by atoms with Gasteiger partial charge in [0.2, 0.25) is 5.75 Å². The SMILES string of the molecule is Cc1ccc(C(=O)COc2ccc(C)nc2[N+](=O)[O-])c(C)c1. The van der Waals surface area contributed by atoms with Crippen LogP contribution in [0.1, 0.15) is 27.2 Å². The molecule has 114 valence electrons. The molecule has 0 fully saturated rings. The van der Waals surface area contributed by atoms with Gasteiger partial charge in [0, 0.05) is 12.5 Å². The van der Waals surface area contributed by atoms with Gasteiger partial charge in [0.1, 0.15) is 5.69 Å². The van der Waals surface area contributed by atoms with Gasteiger partial charge in [-0.15, -0.1) is 0 Å². The Kier molecular flexibility index (Phi) is 4.50. The monoisotopic (exact) mass is 300 g/mol. The first-order valence-corrected chi connectivity index (χ1v) is 6.74. The number of nitrogens with zero attached hydrogens (tertiary/aromatic N) is 2. The van der Waals surface area contributed by atoms with E-state index in [1.54, 1.807) is 19.1 Å². The van der Waals surface area contributed by atoms with Crippen molar-refractivity contribution in [3.8, 4) is 5.75 Å². The highest BCUT2D eigenvalue weighted by atomic mass is 16.6. The van der Waals surface area contributed by atoms with E-state index in [-0.39, 0.29) is 24.0 Å². The molecule has 0 aliphatic heterocycles. The molecule has 0 saturated carbocycles. The van der Waals surface area contributed by atoms with Crippen molar-refractivity contribution in [2.45, 2.75) is 20.8 Å². The Labute approximate surface area is 127 Å². The summed E-state index contributed by atoms with van der Waals surface area (Å²) in [6.45, 7) is 5.17. The van der Waals surface area contributed by atoms with Crippen LogP contribution in [0.5, 0.6) is 5.75 Å². The molecule has 22 heavy (non-hydrogen) atoms. The summed E-state index contributed by atoms with van der Waals surface area (Å²) in [7, 11) is 0. The van der Waals surface area contributed by atoms with E-state index >= 15 is 0 Å². The first-order chi connectivity index (χ1) is 10.4. The number of benzene rings is 1. The molecule has 1 aromatic heterocycles. The maximum absolute atomic E-state index is 12.2. The molecule has 6 heteroatoms. The zero-order chi connectivity index (χ0) is 16.3. The van der Waals surface area contributed by atoms with Crippen molar-refractivity contribution < 1.29 is 14.5 Å². The minimum absolute atomic E-state index is 0.00582. The summed E-state index contributed by atoms with van der Waals surface area (Å²) >= 11 is 0. The Bertz CT molecular complexity index is 741. The lowest BCUT2D eigenvalue weighted by atomic mass is 10.0. The van der Waals surface area contributed by atoms with Gasteiger partial charge in [0.05, 0.1) is 0 Å². The lowest BCUT2D eigenvalue weighted by Gasteiger charge is -2.08. The molecule has 0 bridgehead atoms. The lowest BCUT2D eigenvalue weighted by molar-refractivity contribution is -0.390. The molecule has 0 N–H and O–H groups in total. The second-order valence-electron chi connectivity index (χ2n) is 5.06. The molecule has 0 atom stereocenters. The van der Waals surface area contributed by atoms with Crippen LogP contribution in [-0.2, 0) is 0 Å². The average Bonchev–Trinajstić information content (AvgIpc) is 2.45. The first kappa shape index (κ1) is 15.6. The largest absolute Gasteiger partial charge is 0.477 e. The Morgan fingerprint density at radius 2 is 1.95 bits per heavy atom. The molecule has 0 unspecified atom stereocenters. The van der Waals surface area contributed by atoms with Crippen LogP contribution in [-0.4, -0.2) is 22.3 Å². The third-order valence-corrected chi connectivity index (χ3v) is 3.19. The molecule has 2 aromatic rings. The number of carbonyl (C=O) groups is 1. The maximum Gasteiger partial charge on any atom is 0.406 e. The fourth-order valence-corrected chi connectivity index (χ4v) is 2.12. The number of aryl methyl sites for hydroxylation is 3. The first-order valence-electron chi connectivity index (χ1n) is 6.74. The van der Waals surface area contributed by atoms with Gasteiger partial charge in [-0.1, -0.05) is 23.8 Å². The Morgan fingerprint density at radius 1 is 1.23 bits per heavy atom. The van der Waals surface area contributed by atoms with Gasteiger partial charge in [0.25, 0.3) is 0 Å². The predicted molar refractivity (Wildman–Crippen MR) is 81.4 cm³/mol. The number of hydrogen-bond acceptors (Lipinski definition) is 5. The van der Waals surface area contributed by atoms with Crippen LogP contribution >= 0.6 is 0 Å². The van der Waals surface area contributed by atoms with Crippen molar-refractivity contribution in [3.63, 3.8) is 0 Å². The second-order valence-corrected chi connectivity index (χ2v) is 5.06. The summed E-state index contributed by atoms with van der Waals surface area (Å²) in [6, 6.07) is 8.54. The van der Waals surface area contributed by atoms with Gasteiger partial charge in [-0.05, 0) is 41.5 Å². The van der Waals surface area contributed by atoms with E-state index in [1.807, 2.05) is 26.0 Å². The quantitative estimate of drug-likeness (QED) is 0.481. The summed E-state index contributed by atoms with van der Waals surface area (Å²) in [4.78, 5) is 26.3. The summed E-state index contributed by atoms with van der Waals surface area (Å²) in [5.74, 6) is -0.616.